The maximum atomic E-state index is 9.19. The summed E-state index contributed by atoms with van der Waals surface area (Å²) < 4.78 is 5.00. The van der Waals surface area contributed by atoms with Crippen molar-refractivity contribution >= 4 is 0 Å². The van der Waals surface area contributed by atoms with E-state index in [4.69, 9.17) is 4.42 Å². The van der Waals surface area contributed by atoms with Crippen LogP contribution in [0.4, 0.5) is 0 Å². The quantitative estimate of drug-likeness (QED) is 0.632. The van der Waals surface area contributed by atoms with Crippen LogP contribution in [0.25, 0.3) is 0 Å². The van der Waals surface area contributed by atoms with Gasteiger partial charge in [0.05, 0.1) is 6.26 Å². The fraction of sp³-hybridized carbons (Fsp3) is 0.250. The Morgan fingerprint density at radius 1 is 1.80 bits per heavy atom. The zero-order chi connectivity index (χ0) is 7.56. The van der Waals surface area contributed by atoms with Gasteiger partial charge in [-0.1, -0.05) is 6.08 Å². The van der Waals surface area contributed by atoms with E-state index in [9.17, 15) is 5.11 Å². The number of aliphatic hydroxyl groups excluding tert-OH is 1. The lowest BCUT2D eigenvalue weighted by atomic mass is 10.2. The van der Waals surface area contributed by atoms with Gasteiger partial charge in [0.2, 0.25) is 0 Å². The maximum absolute atomic E-state index is 9.19. The molecule has 54 valence electrons. The first-order chi connectivity index (χ1) is 4.75. The molecule has 1 N–H and O–H groups in total. The van der Waals surface area contributed by atoms with Crippen molar-refractivity contribution in [1.82, 2.24) is 0 Å². The molecule has 0 aliphatic carbocycles. The second-order valence-corrected chi connectivity index (χ2v) is 2.15. The van der Waals surface area contributed by atoms with Crippen molar-refractivity contribution in [1.29, 1.82) is 0 Å². The topological polar surface area (TPSA) is 33.4 Å². The highest BCUT2D eigenvalue weighted by molar-refractivity contribution is 5.19. The summed E-state index contributed by atoms with van der Waals surface area (Å²) >= 11 is 0. The predicted octanol–water partition coefficient (Wildman–Crippen LogP) is 1.81. The molecule has 0 radical (unpaired) electrons. The zero-order valence-electron chi connectivity index (χ0n) is 5.87. The minimum atomic E-state index is -0.671. The van der Waals surface area contributed by atoms with Gasteiger partial charge in [-0.3, -0.25) is 0 Å². The Balaban J connectivity index is 2.92. The third-order valence-electron chi connectivity index (χ3n) is 1.39. The number of rotatable bonds is 2. The molecule has 0 saturated heterocycles. The van der Waals surface area contributed by atoms with Crippen LogP contribution in [-0.2, 0) is 0 Å². The summed E-state index contributed by atoms with van der Waals surface area (Å²) in [5.41, 5.74) is 0.951. The molecule has 0 saturated carbocycles. The molecule has 1 aromatic heterocycles. The summed E-state index contributed by atoms with van der Waals surface area (Å²) in [5.74, 6) is 0.579. The van der Waals surface area contributed by atoms with Crippen molar-refractivity contribution in [3.05, 3.63) is 36.3 Å². The Labute approximate surface area is 59.8 Å². The highest BCUT2D eigenvalue weighted by Crippen LogP contribution is 2.18. The van der Waals surface area contributed by atoms with E-state index in [0.717, 1.165) is 5.56 Å². The normalized spacial score (nSPS) is 13.0. The second kappa shape index (κ2) is 2.71. The van der Waals surface area contributed by atoms with E-state index in [2.05, 4.69) is 6.58 Å². The van der Waals surface area contributed by atoms with Crippen LogP contribution in [0.15, 0.2) is 29.4 Å². The third-order valence-corrected chi connectivity index (χ3v) is 1.39. The van der Waals surface area contributed by atoms with Gasteiger partial charge in [-0.2, -0.15) is 0 Å². The van der Waals surface area contributed by atoms with E-state index in [1.807, 2.05) is 13.0 Å². The molecule has 1 rings (SSSR count). The van der Waals surface area contributed by atoms with Gasteiger partial charge in [-0.05, 0) is 18.6 Å². The molecule has 0 amide bonds. The number of furan rings is 1. The Hall–Kier alpha value is -1.02. The zero-order valence-corrected chi connectivity index (χ0v) is 5.87. The SMILES string of the molecule is C=CC(O)c1occc1C. The van der Waals surface area contributed by atoms with E-state index in [1.54, 1.807) is 6.26 Å². The van der Waals surface area contributed by atoms with Crippen molar-refractivity contribution in [2.24, 2.45) is 0 Å². The van der Waals surface area contributed by atoms with Gasteiger partial charge in [-0.25, -0.2) is 0 Å². The minimum Gasteiger partial charge on any atom is -0.466 e. The molecule has 10 heavy (non-hydrogen) atoms. The van der Waals surface area contributed by atoms with Crippen LogP contribution in [0, 0.1) is 6.92 Å². The fourth-order valence-corrected chi connectivity index (χ4v) is 0.794. The molecule has 1 atom stereocenters. The van der Waals surface area contributed by atoms with Crippen molar-refractivity contribution in [3.63, 3.8) is 0 Å². The van der Waals surface area contributed by atoms with Crippen LogP contribution >= 0.6 is 0 Å². The summed E-state index contributed by atoms with van der Waals surface area (Å²) in [7, 11) is 0. The van der Waals surface area contributed by atoms with Crippen LogP contribution < -0.4 is 0 Å². The molecule has 0 aliphatic rings. The highest BCUT2D eigenvalue weighted by atomic mass is 16.4. The first-order valence-corrected chi connectivity index (χ1v) is 3.10. The average molecular weight is 138 g/mol. The van der Waals surface area contributed by atoms with Gasteiger partial charge >= 0.3 is 0 Å². The van der Waals surface area contributed by atoms with Crippen LogP contribution in [0.5, 0.6) is 0 Å². The number of hydrogen-bond acceptors (Lipinski definition) is 2. The molecular weight excluding hydrogens is 128 g/mol. The van der Waals surface area contributed by atoms with Crippen LogP contribution in [0.2, 0.25) is 0 Å². The monoisotopic (exact) mass is 138 g/mol. The van der Waals surface area contributed by atoms with E-state index in [1.165, 1.54) is 6.08 Å². The maximum Gasteiger partial charge on any atom is 0.139 e. The standard InChI is InChI=1S/C8H10O2/c1-3-7(9)8-6(2)4-5-10-8/h3-5,7,9H,1H2,2H3. The summed E-state index contributed by atoms with van der Waals surface area (Å²) in [6.45, 7) is 5.33. The van der Waals surface area contributed by atoms with E-state index < -0.39 is 6.10 Å². The molecule has 0 fully saturated rings. The van der Waals surface area contributed by atoms with Gasteiger partial charge in [0, 0.05) is 0 Å². The smallest absolute Gasteiger partial charge is 0.139 e. The van der Waals surface area contributed by atoms with Gasteiger partial charge in [0.1, 0.15) is 11.9 Å². The van der Waals surface area contributed by atoms with E-state index >= 15 is 0 Å². The van der Waals surface area contributed by atoms with Crippen molar-refractivity contribution in [2.45, 2.75) is 13.0 Å². The van der Waals surface area contributed by atoms with E-state index in [0.29, 0.717) is 5.76 Å². The molecule has 1 heterocycles. The van der Waals surface area contributed by atoms with Gasteiger partial charge < -0.3 is 9.52 Å². The summed E-state index contributed by atoms with van der Waals surface area (Å²) in [5, 5.41) is 9.19. The summed E-state index contributed by atoms with van der Waals surface area (Å²) in [6.07, 6.45) is 2.32. The second-order valence-electron chi connectivity index (χ2n) is 2.15. The first-order valence-electron chi connectivity index (χ1n) is 3.10. The Morgan fingerprint density at radius 2 is 2.50 bits per heavy atom. The van der Waals surface area contributed by atoms with Crippen LogP contribution in [-0.4, -0.2) is 5.11 Å². The minimum absolute atomic E-state index is 0.579. The van der Waals surface area contributed by atoms with Crippen molar-refractivity contribution in [2.75, 3.05) is 0 Å². The predicted molar refractivity (Wildman–Crippen MR) is 38.6 cm³/mol. The Bertz CT molecular complexity index is 225. The van der Waals surface area contributed by atoms with Crippen molar-refractivity contribution < 1.29 is 9.52 Å². The Kier molecular flexibility index (Phi) is 1.92. The number of hydrogen-bond donors (Lipinski definition) is 1. The summed E-state index contributed by atoms with van der Waals surface area (Å²) in [4.78, 5) is 0. The van der Waals surface area contributed by atoms with Gasteiger partial charge in [-0.15, -0.1) is 6.58 Å². The molecule has 2 nitrogen and oxygen atoms in total. The van der Waals surface area contributed by atoms with E-state index in [-0.39, 0.29) is 0 Å². The molecule has 0 aromatic carbocycles. The molecule has 1 unspecified atom stereocenters. The highest BCUT2D eigenvalue weighted by Gasteiger charge is 2.08. The van der Waals surface area contributed by atoms with Crippen LogP contribution in [0.1, 0.15) is 17.4 Å². The van der Waals surface area contributed by atoms with Crippen molar-refractivity contribution in [3.8, 4) is 0 Å². The average Bonchev–Trinajstić information content (AvgIpc) is 2.34. The van der Waals surface area contributed by atoms with Gasteiger partial charge in [0.15, 0.2) is 0 Å². The lowest BCUT2D eigenvalue weighted by Crippen LogP contribution is -1.91. The molecular formula is C8H10O2. The molecule has 0 spiro atoms. The summed E-state index contributed by atoms with van der Waals surface area (Å²) in [6, 6.07) is 1.81. The largest absolute Gasteiger partial charge is 0.466 e. The first kappa shape index (κ1) is 7.09. The van der Waals surface area contributed by atoms with Crippen LogP contribution in [0.3, 0.4) is 0 Å². The molecule has 1 aromatic rings. The Morgan fingerprint density at radius 3 is 2.90 bits per heavy atom. The molecule has 0 bridgehead atoms. The lowest BCUT2D eigenvalue weighted by Gasteiger charge is -2.00. The van der Waals surface area contributed by atoms with Gasteiger partial charge in [0.25, 0.3) is 0 Å². The number of aliphatic hydroxyl groups is 1. The molecule has 2 heteroatoms. The number of aryl methyl sites for hydroxylation is 1. The lowest BCUT2D eigenvalue weighted by molar-refractivity contribution is 0.196. The third kappa shape index (κ3) is 1.11. The fourth-order valence-electron chi connectivity index (χ4n) is 0.794. The molecule has 0 aliphatic heterocycles.